The first kappa shape index (κ1) is 18.0. The van der Waals surface area contributed by atoms with Gasteiger partial charge in [0, 0.05) is 23.1 Å². The van der Waals surface area contributed by atoms with Crippen LogP contribution < -0.4 is 14.8 Å². The summed E-state index contributed by atoms with van der Waals surface area (Å²) in [6, 6.07) is 15.5. The molecule has 29 heavy (non-hydrogen) atoms. The predicted molar refractivity (Wildman–Crippen MR) is 113 cm³/mol. The van der Waals surface area contributed by atoms with Gasteiger partial charge in [-0.25, -0.2) is 4.98 Å². The van der Waals surface area contributed by atoms with Gasteiger partial charge in [-0.3, -0.25) is 4.79 Å². The maximum atomic E-state index is 12.5. The lowest BCUT2D eigenvalue weighted by atomic mass is 10.3. The second-order valence-electron chi connectivity index (χ2n) is 6.40. The molecule has 0 unspecified atom stereocenters. The number of hydrogen-bond donors (Lipinski definition) is 1. The van der Waals surface area contributed by atoms with Gasteiger partial charge in [-0.2, -0.15) is 9.78 Å². The summed E-state index contributed by atoms with van der Waals surface area (Å²) < 4.78 is 13.5. The fourth-order valence-corrected chi connectivity index (χ4v) is 4.64. The van der Waals surface area contributed by atoms with E-state index in [2.05, 4.69) is 15.4 Å². The number of nitrogens with zero attached hydrogens (tertiary/aromatic N) is 3. The van der Waals surface area contributed by atoms with Crippen LogP contribution in [0.4, 0.5) is 5.82 Å². The summed E-state index contributed by atoms with van der Waals surface area (Å²) in [5, 5.41) is 8.12. The number of aryl methyl sites for hydroxylation is 1. The van der Waals surface area contributed by atoms with Crippen molar-refractivity contribution in [3.05, 3.63) is 54.2 Å². The highest BCUT2D eigenvalue weighted by atomic mass is 32.2. The van der Waals surface area contributed by atoms with Crippen LogP contribution >= 0.6 is 23.1 Å². The summed E-state index contributed by atoms with van der Waals surface area (Å²) in [6.07, 6.45) is 0. The number of hydrogen-bond acceptors (Lipinski definition) is 7. The van der Waals surface area contributed by atoms with Gasteiger partial charge in [0.05, 0.1) is 21.7 Å². The average Bonchev–Trinajstić information content (AvgIpc) is 3.42. The van der Waals surface area contributed by atoms with Crippen LogP contribution in [0.5, 0.6) is 11.5 Å². The predicted octanol–water partition coefficient (Wildman–Crippen LogP) is 4.25. The third-order valence-corrected chi connectivity index (χ3v) is 6.27. The van der Waals surface area contributed by atoms with Crippen LogP contribution in [0.25, 0.3) is 15.3 Å². The van der Waals surface area contributed by atoms with Crippen molar-refractivity contribution in [2.75, 3.05) is 17.9 Å². The van der Waals surface area contributed by atoms with Crippen LogP contribution in [0.1, 0.15) is 5.69 Å². The SMILES string of the molecule is Cc1cc(NC(=O)CSc2ccccc2)n(-c2nc3cc4c(cc3s2)OCO4)n1. The first-order chi connectivity index (χ1) is 14.2. The number of ether oxygens (including phenoxy) is 2. The number of rotatable bonds is 5. The van der Waals surface area contributed by atoms with E-state index >= 15 is 0 Å². The lowest BCUT2D eigenvalue weighted by Crippen LogP contribution is -2.16. The number of nitrogens with one attached hydrogen (secondary N) is 1. The number of amides is 1. The molecular weight excluding hydrogens is 408 g/mol. The number of carbonyl (C=O) groups excluding carboxylic acids is 1. The Hall–Kier alpha value is -3.04. The van der Waals surface area contributed by atoms with Gasteiger partial charge in [0.2, 0.25) is 17.8 Å². The van der Waals surface area contributed by atoms with Crippen LogP contribution in [0, 0.1) is 6.92 Å². The third kappa shape index (κ3) is 3.66. The third-order valence-electron chi connectivity index (χ3n) is 4.26. The van der Waals surface area contributed by atoms with E-state index in [0.717, 1.165) is 26.6 Å². The topological polar surface area (TPSA) is 78.3 Å². The first-order valence-electron chi connectivity index (χ1n) is 8.91. The zero-order valence-corrected chi connectivity index (χ0v) is 17.0. The Morgan fingerprint density at radius 1 is 1.21 bits per heavy atom. The summed E-state index contributed by atoms with van der Waals surface area (Å²) in [4.78, 5) is 18.2. The van der Waals surface area contributed by atoms with Crippen molar-refractivity contribution in [1.29, 1.82) is 0 Å². The van der Waals surface area contributed by atoms with Crippen molar-refractivity contribution in [2.24, 2.45) is 0 Å². The number of aromatic nitrogens is 3. The molecule has 7 nitrogen and oxygen atoms in total. The van der Waals surface area contributed by atoms with E-state index in [9.17, 15) is 4.79 Å². The zero-order valence-electron chi connectivity index (χ0n) is 15.4. The fourth-order valence-electron chi connectivity index (χ4n) is 2.98. The normalized spacial score (nSPS) is 12.4. The van der Waals surface area contributed by atoms with E-state index in [0.29, 0.717) is 22.5 Å². The number of anilines is 1. The maximum absolute atomic E-state index is 12.5. The van der Waals surface area contributed by atoms with Gasteiger partial charge in [0.25, 0.3) is 0 Å². The molecule has 0 bridgehead atoms. The van der Waals surface area contributed by atoms with Gasteiger partial charge in [0.1, 0.15) is 5.82 Å². The fraction of sp³-hybridized carbons (Fsp3) is 0.150. The minimum atomic E-state index is -0.0955. The van der Waals surface area contributed by atoms with E-state index in [-0.39, 0.29) is 12.7 Å². The van der Waals surface area contributed by atoms with Gasteiger partial charge in [0.15, 0.2) is 11.5 Å². The summed E-state index contributed by atoms with van der Waals surface area (Å²) in [7, 11) is 0. The molecule has 9 heteroatoms. The Kier molecular flexibility index (Phi) is 4.61. The van der Waals surface area contributed by atoms with E-state index in [1.54, 1.807) is 4.68 Å². The standard InChI is InChI=1S/C20H16N4O3S2/c1-12-7-18(22-19(25)10-28-13-5-3-2-4-6-13)24(23-12)20-21-14-8-15-16(27-11-26-15)9-17(14)29-20/h2-9H,10-11H2,1H3,(H,22,25). The quantitative estimate of drug-likeness (QED) is 0.483. The van der Waals surface area contributed by atoms with Crippen molar-refractivity contribution in [3.63, 3.8) is 0 Å². The summed E-state index contributed by atoms with van der Waals surface area (Å²) >= 11 is 2.97. The monoisotopic (exact) mass is 424 g/mol. The molecule has 2 aromatic carbocycles. The Bertz CT molecular complexity index is 1160. The number of thiazole rings is 1. The maximum Gasteiger partial charge on any atom is 0.235 e. The number of thioether (sulfide) groups is 1. The molecule has 5 rings (SSSR count). The molecule has 1 aliphatic heterocycles. The van der Waals surface area contributed by atoms with Crippen molar-refractivity contribution in [3.8, 4) is 16.6 Å². The molecule has 1 amide bonds. The molecule has 1 aliphatic rings. The Morgan fingerprint density at radius 3 is 2.83 bits per heavy atom. The van der Waals surface area contributed by atoms with Crippen LogP contribution in [-0.2, 0) is 4.79 Å². The molecule has 2 aromatic heterocycles. The van der Waals surface area contributed by atoms with Gasteiger partial charge < -0.3 is 14.8 Å². The van der Waals surface area contributed by atoms with Crippen LogP contribution in [0.15, 0.2) is 53.4 Å². The molecule has 3 heterocycles. The van der Waals surface area contributed by atoms with E-state index < -0.39 is 0 Å². The lowest BCUT2D eigenvalue weighted by Gasteiger charge is -2.06. The molecule has 0 spiro atoms. The molecule has 0 atom stereocenters. The Morgan fingerprint density at radius 2 is 2.00 bits per heavy atom. The zero-order chi connectivity index (χ0) is 19.8. The minimum absolute atomic E-state index is 0.0955. The number of fused-ring (bicyclic) bond motifs is 2. The van der Waals surface area contributed by atoms with Crippen LogP contribution in [-0.4, -0.2) is 33.2 Å². The molecular formula is C20H16N4O3S2. The highest BCUT2D eigenvalue weighted by Crippen LogP contribution is 2.38. The number of benzene rings is 2. The van der Waals surface area contributed by atoms with Crippen molar-refractivity contribution in [2.45, 2.75) is 11.8 Å². The molecule has 4 aromatic rings. The van der Waals surface area contributed by atoms with Crippen molar-refractivity contribution >= 4 is 45.0 Å². The van der Waals surface area contributed by atoms with E-state index in [1.807, 2.05) is 55.5 Å². The molecule has 0 saturated heterocycles. The van der Waals surface area contributed by atoms with Gasteiger partial charge >= 0.3 is 0 Å². The molecule has 0 fully saturated rings. The average molecular weight is 425 g/mol. The van der Waals surface area contributed by atoms with Gasteiger partial charge in [-0.15, -0.1) is 11.8 Å². The molecule has 0 saturated carbocycles. The summed E-state index contributed by atoms with van der Waals surface area (Å²) in [5.74, 6) is 2.23. The summed E-state index contributed by atoms with van der Waals surface area (Å²) in [6.45, 7) is 2.11. The number of carbonyl (C=O) groups is 1. The van der Waals surface area contributed by atoms with E-state index in [4.69, 9.17) is 9.47 Å². The van der Waals surface area contributed by atoms with Crippen molar-refractivity contribution < 1.29 is 14.3 Å². The molecule has 1 N–H and O–H groups in total. The highest BCUT2D eigenvalue weighted by molar-refractivity contribution is 8.00. The molecule has 0 aliphatic carbocycles. The molecule has 0 radical (unpaired) electrons. The Labute approximate surface area is 174 Å². The Balaban J connectivity index is 1.38. The smallest absolute Gasteiger partial charge is 0.235 e. The van der Waals surface area contributed by atoms with Gasteiger partial charge in [-0.05, 0) is 19.1 Å². The summed E-state index contributed by atoms with van der Waals surface area (Å²) in [5.41, 5.74) is 1.60. The lowest BCUT2D eigenvalue weighted by molar-refractivity contribution is -0.113. The largest absolute Gasteiger partial charge is 0.454 e. The van der Waals surface area contributed by atoms with Gasteiger partial charge in [-0.1, -0.05) is 29.5 Å². The first-order valence-corrected chi connectivity index (χ1v) is 10.7. The minimum Gasteiger partial charge on any atom is -0.454 e. The van der Waals surface area contributed by atoms with E-state index in [1.165, 1.54) is 23.1 Å². The van der Waals surface area contributed by atoms with Crippen LogP contribution in [0.2, 0.25) is 0 Å². The van der Waals surface area contributed by atoms with Crippen LogP contribution in [0.3, 0.4) is 0 Å². The second kappa shape index (κ2) is 7.41. The van der Waals surface area contributed by atoms with Crippen molar-refractivity contribution in [1.82, 2.24) is 14.8 Å². The second-order valence-corrected chi connectivity index (χ2v) is 8.46. The highest BCUT2D eigenvalue weighted by Gasteiger charge is 2.19. The molecule has 146 valence electrons.